The van der Waals surface area contributed by atoms with Crippen molar-refractivity contribution in [1.82, 2.24) is 9.80 Å². The standard InChI is InChI=1S/C16H22F3N3O/c1-2-21(11-16(17,18)19)9-12-6-7-22(10-12)15(23)13-4-3-5-14(20)8-13/h3-5,8,12H,2,6-7,9-11,20H2,1H3. The Morgan fingerprint density at radius 1 is 1.43 bits per heavy atom. The van der Waals surface area contributed by atoms with Crippen molar-refractivity contribution in [3.63, 3.8) is 0 Å². The fourth-order valence-corrected chi connectivity index (χ4v) is 2.94. The van der Waals surface area contributed by atoms with Crippen LogP contribution in [0.25, 0.3) is 0 Å². The lowest BCUT2D eigenvalue weighted by molar-refractivity contribution is -0.146. The lowest BCUT2D eigenvalue weighted by atomic mass is 10.1. The summed E-state index contributed by atoms with van der Waals surface area (Å²) in [5, 5.41) is 0. The van der Waals surface area contributed by atoms with Gasteiger partial charge in [-0.2, -0.15) is 13.2 Å². The molecule has 2 rings (SSSR count). The SMILES string of the molecule is CCN(CC1CCN(C(=O)c2cccc(N)c2)C1)CC(F)(F)F. The number of amides is 1. The molecule has 0 saturated carbocycles. The molecule has 1 aliphatic heterocycles. The second-order valence-corrected chi connectivity index (χ2v) is 5.97. The second-order valence-electron chi connectivity index (χ2n) is 5.97. The number of alkyl halides is 3. The van der Waals surface area contributed by atoms with Crippen molar-refractivity contribution >= 4 is 11.6 Å². The van der Waals surface area contributed by atoms with E-state index in [1.807, 2.05) is 0 Å². The molecule has 1 aromatic carbocycles. The molecular weight excluding hydrogens is 307 g/mol. The molecule has 1 atom stereocenters. The maximum Gasteiger partial charge on any atom is 0.401 e. The molecule has 1 aromatic rings. The maximum atomic E-state index is 12.5. The number of nitrogens with zero attached hydrogens (tertiary/aromatic N) is 2. The molecule has 2 N–H and O–H groups in total. The Balaban J connectivity index is 1.91. The average Bonchev–Trinajstić information content (AvgIpc) is 2.92. The number of likely N-dealkylation sites (tertiary alicyclic amines) is 1. The van der Waals surface area contributed by atoms with Gasteiger partial charge in [-0.3, -0.25) is 9.69 Å². The summed E-state index contributed by atoms with van der Waals surface area (Å²) < 4.78 is 37.5. The van der Waals surface area contributed by atoms with Crippen LogP contribution in [0.4, 0.5) is 18.9 Å². The zero-order chi connectivity index (χ0) is 17.0. The Bertz CT molecular complexity index is 548. The third-order valence-corrected chi connectivity index (χ3v) is 4.07. The second kappa shape index (κ2) is 7.21. The van der Waals surface area contributed by atoms with Crippen LogP contribution < -0.4 is 5.73 Å². The molecule has 0 radical (unpaired) electrons. The van der Waals surface area contributed by atoms with Crippen molar-refractivity contribution in [2.24, 2.45) is 5.92 Å². The molecule has 1 amide bonds. The molecule has 0 bridgehead atoms. The third-order valence-electron chi connectivity index (χ3n) is 4.07. The molecule has 0 spiro atoms. The third kappa shape index (κ3) is 5.13. The van der Waals surface area contributed by atoms with Crippen LogP contribution in [0, 0.1) is 5.92 Å². The highest BCUT2D eigenvalue weighted by Gasteiger charge is 2.33. The first-order valence-electron chi connectivity index (χ1n) is 7.72. The molecule has 23 heavy (non-hydrogen) atoms. The van der Waals surface area contributed by atoms with Crippen molar-refractivity contribution < 1.29 is 18.0 Å². The molecule has 0 aromatic heterocycles. The van der Waals surface area contributed by atoms with Crippen molar-refractivity contribution in [3.05, 3.63) is 29.8 Å². The smallest absolute Gasteiger partial charge is 0.399 e. The molecule has 4 nitrogen and oxygen atoms in total. The Morgan fingerprint density at radius 2 is 2.17 bits per heavy atom. The van der Waals surface area contributed by atoms with E-state index in [4.69, 9.17) is 5.73 Å². The van der Waals surface area contributed by atoms with E-state index >= 15 is 0 Å². The number of nitrogen functional groups attached to an aromatic ring is 1. The number of carbonyl (C=O) groups excluding carboxylic acids is 1. The van der Waals surface area contributed by atoms with Crippen LogP contribution in [0.15, 0.2) is 24.3 Å². The van der Waals surface area contributed by atoms with Gasteiger partial charge < -0.3 is 10.6 Å². The van der Waals surface area contributed by atoms with Crippen LogP contribution >= 0.6 is 0 Å². The first-order chi connectivity index (χ1) is 10.8. The molecule has 0 aliphatic carbocycles. The summed E-state index contributed by atoms with van der Waals surface area (Å²) in [6, 6.07) is 6.75. The Hall–Kier alpha value is -1.76. The van der Waals surface area contributed by atoms with Gasteiger partial charge in [0.05, 0.1) is 6.54 Å². The number of nitrogens with two attached hydrogens (primary N) is 1. The number of hydrogen-bond acceptors (Lipinski definition) is 3. The van der Waals surface area contributed by atoms with Crippen LogP contribution in [0.5, 0.6) is 0 Å². The first-order valence-corrected chi connectivity index (χ1v) is 7.72. The summed E-state index contributed by atoms with van der Waals surface area (Å²) in [6.07, 6.45) is -3.46. The Kier molecular flexibility index (Phi) is 5.51. The van der Waals surface area contributed by atoms with Crippen molar-refractivity contribution in [1.29, 1.82) is 0 Å². The van der Waals surface area contributed by atoms with Gasteiger partial charge >= 0.3 is 6.18 Å². The quantitative estimate of drug-likeness (QED) is 0.845. The summed E-state index contributed by atoms with van der Waals surface area (Å²) in [5.41, 5.74) is 6.72. The predicted octanol–water partition coefficient (Wildman–Crippen LogP) is 2.62. The highest BCUT2D eigenvalue weighted by Crippen LogP contribution is 2.23. The Labute approximate surface area is 134 Å². The van der Waals surface area contributed by atoms with E-state index in [2.05, 4.69) is 0 Å². The first kappa shape index (κ1) is 17.6. The van der Waals surface area contributed by atoms with Crippen molar-refractivity contribution in [2.75, 3.05) is 38.5 Å². The summed E-state index contributed by atoms with van der Waals surface area (Å²) in [7, 11) is 0. The molecular formula is C16H22F3N3O. The van der Waals surface area contributed by atoms with E-state index < -0.39 is 12.7 Å². The molecule has 1 aliphatic rings. The van der Waals surface area contributed by atoms with Gasteiger partial charge in [-0.25, -0.2) is 0 Å². The number of hydrogen-bond donors (Lipinski definition) is 1. The number of benzene rings is 1. The van der Waals surface area contributed by atoms with E-state index in [9.17, 15) is 18.0 Å². The molecule has 1 heterocycles. The highest BCUT2D eigenvalue weighted by atomic mass is 19.4. The van der Waals surface area contributed by atoms with Crippen molar-refractivity contribution in [3.8, 4) is 0 Å². The van der Waals surface area contributed by atoms with Gasteiger partial charge in [-0.15, -0.1) is 0 Å². The number of carbonyl (C=O) groups is 1. The fraction of sp³-hybridized carbons (Fsp3) is 0.562. The van der Waals surface area contributed by atoms with Gasteiger partial charge in [0.25, 0.3) is 5.91 Å². The highest BCUT2D eigenvalue weighted by molar-refractivity contribution is 5.95. The van der Waals surface area contributed by atoms with Crippen molar-refractivity contribution in [2.45, 2.75) is 19.5 Å². The van der Waals surface area contributed by atoms with Crippen LogP contribution in [-0.2, 0) is 0 Å². The van der Waals surface area contributed by atoms with Gasteiger partial charge in [0.1, 0.15) is 0 Å². The van der Waals surface area contributed by atoms with E-state index in [1.165, 1.54) is 4.90 Å². The van der Waals surface area contributed by atoms with E-state index in [-0.39, 0.29) is 11.8 Å². The lowest BCUT2D eigenvalue weighted by Gasteiger charge is -2.25. The maximum absolute atomic E-state index is 12.5. The molecule has 1 unspecified atom stereocenters. The van der Waals surface area contributed by atoms with Gasteiger partial charge in [0, 0.05) is 30.9 Å². The monoisotopic (exact) mass is 329 g/mol. The number of halogens is 3. The van der Waals surface area contributed by atoms with Gasteiger partial charge in [0.2, 0.25) is 0 Å². The molecule has 1 fully saturated rings. The van der Waals surface area contributed by atoms with E-state index in [0.717, 1.165) is 6.42 Å². The largest absolute Gasteiger partial charge is 0.401 e. The topological polar surface area (TPSA) is 49.6 Å². The zero-order valence-corrected chi connectivity index (χ0v) is 13.1. The Morgan fingerprint density at radius 3 is 2.78 bits per heavy atom. The molecule has 128 valence electrons. The summed E-state index contributed by atoms with van der Waals surface area (Å²) in [4.78, 5) is 15.5. The molecule has 1 saturated heterocycles. The van der Waals surface area contributed by atoms with Crippen LogP contribution in [0.1, 0.15) is 23.7 Å². The predicted molar refractivity (Wildman–Crippen MR) is 83.0 cm³/mol. The minimum atomic E-state index is -4.19. The van der Waals surface area contributed by atoms with E-state index in [1.54, 1.807) is 36.1 Å². The summed E-state index contributed by atoms with van der Waals surface area (Å²) in [6.45, 7) is 2.58. The zero-order valence-electron chi connectivity index (χ0n) is 13.1. The normalized spacial score (nSPS) is 18.7. The minimum absolute atomic E-state index is 0.0716. The summed E-state index contributed by atoms with van der Waals surface area (Å²) in [5.74, 6) is -0.0408. The van der Waals surface area contributed by atoms with Crippen LogP contribution in [0.2, 0.25) is 0 Å². The molecule has 7 heteroatoms. The lowest BCUT2D eigenvalue weighted by Crippen LogP contribution is -2.38. The van der Waals surface area contributed by atoms with Gasteiger partial charge in [-0.05, 0) is 37.1 Å². The number of anilines is 1. The summed E-state index contributed by atoms with van der Waals surface area (Å²) >= 11 is 0. The van der Waals surface area contributed by atoms with E-state index in [0.29, 0.717) is 37.4 Å². The van der Waals surface area contributed by atoms with Gasteiger partial charge in [0.15, 0.2) is 0 Å². The minimum Gasteiger partial charge on any atom is -0.399 e. The number of rotatable bonds is 5. The van der Waals surface area contributed by atoms with Crippen LogP contribution in [0.3, 0.4) is 0 Å². The van der Waals surface area contributed by atoms with Gasteiger partial charge in [-0.1, -0.05) is 13.0 Å². The fourth-order valence-electron chi connectivity index (χ4n) is 2.94. The van der Waals surface area contributed by atoms with Crippen LogP contribution in [-0.4, -0.2) is 54.6 Å². The average molecular weight is 329 g/mol.